The van der Waals surface area contributed by atoms with Crippen LogP contribution in [-0.4, -0.2) is 46.2 Å². The van der Waals surface area contributed by atoms with E-state index in [1.807, 2.05) is 18.2 Å². The molecule has 1 amide bonds. The van der Waals surface area contributed by atoms with Gasteiger partial charge >= 0.3 is 5.97 Å². The number of anilines is 1. The number of amides is 1. The van der Waals surface area contributed by atoms with Gasteiger partial charge in [-0.25, -0.2) is 17.9 Å². The monoisotopic (exact) mass is 404 g/mol. The third kappa shape index (κ3) is 6.47. The van der Waals surface area contributed by atoms with Gasteiger partial charge in [0.1, 0.15) is 0 Å². The predicted molar refractivity (Wildman–Crippen MR) is 108 cm³/mol. The minimum Gasteiger partial charge on any atom is -0.449 e. The van der Waals surface area contributed by atoms with Crippen molar-refractivity contribution in [3.8, 4) is 0 Å². The predicted octanol–water partition coefficient (Wildman–Crippen LogP) is 1.99. The van der Waals surface area contributed by atoms with E-state index < -0.39 is 22.1 Å². The molecule has 2 rings (SSSR count). The summed E-state index contributed by atoms with van der Waals surface area (Å²) in [6, 6.07) is 15.7. The van der Waals surface area contributed by atoms with Gasteiger partial charge in [-0.3, -0.25) is 4.79 Å². The molecule has 1 atom stereocenters. The van der Waals surface area contributed by atoms with Crippen LogP contribution in [0.2, 0.25) is 0 Å². The number of benzene rings is 2. The Morgan fingerprint density at radius 2 is 1.68 bits per heavy atom. The summed E-state index contributed by atoms with van der Waals surface area (Å²) in [7, 11) is -1.60. The fourth-order valence-electron chi connectivity index (χ4n) is 2.52. The Hall–Kier alpha value is -2.71. The summed E-state index contributed by atoms with van der Waals surface area (Å²) in [6.45, 7) is 1.81. The number of ether oxygens (including phenoxy) is 1. The summed E-state index contributed by atoms with van der Waals surface area (Å²) in [5.41, 5.74) is 1.91. The standard InChI is InChI=1S/C20H24N2O5S/c1-15(19(23)22(2)18-7-5-4-6-8-18)27-20(24)17-11-9-16(10-12-17)13-14-21-28(3,25)26/h4-12,15,21H,13-14H2,1-3H3/t15-/m0/s1. The zero-order valence-corrected chi connectivity index (χ0v) is 16.9. The molecule has 7 nitrogen and oxygen atoms in total. The van der Waals surface area contributed by atoms with Gasteiger partial charge in [0.2, 0.25) is 10.0 Å². The van der Waals surface area contributed by atoms with Gasteiger partial charge in [-0.1, -0.05) is 30.3 Å². The molecule has 0 heterocycles. The molecule has 0 saturated heterocycles. The van der Waals surface area contributed by atoms with Crippen LogP contribution in [0.4, 0.5) is 5.69 Å². The molecule has 0 radical (unpaired) electrons. The number of rotatable bonds is 8. The quantitative estimate of drug-likeness (QED) is 0.679. The Bertz CT molecular complexity index is 911. The van der Waals surface area contributed by atoms with Gasteiger partial charge in [-0.05, 0) is 43.2 Å². The van der Waals surface area contributed by atoms with E-state index in [1.165, 1.54) is 11.8 Å². The van der Waals surface area contributed by atoms with Gasteiger partial charge in [-0.15, -0.1) is 0 Å². The van der Waals surface area contributed by atoms with Crippen LogP contribution in [0.25, 0.3) is 0 Å². The lowest BCUT2D eigenvalue weighted by Crippen LogP contribution is -2.37. The minimum absolute atomic E-state index is 0.278. The van der Waals surface area contributed by atoms with E-state index in [9.17, 15) is 18.0 Å². The van der Waals surface area contributed by atoms with Crippen LogP contribution in [0, 0.1) is 0 Å². The molecular formula is C20H24N2O5S. The first-order chi connectivity index (χ1) is 13.2. The zero-order valence-electron chi connectivity index (χ0n) is 16.1. The van der Waals surface area contributed by atoms with Gasteiger partial charge in [0, 0.05) is 19.3 Å². The van der Waals surface area contributed by atoms with Crippen LogP contribution in [0.1, 0.15) is 22.8 Å². The SMILES string of the molecule is C[C@H](OC(=O)c1ccc(CCNS(C)(=O)=O)cc1)C(=O)N(C)c1ccccc1. The lowest BCUT2D eigenvalue weighted by Gasteiger charge is -2.21. The van der Waals surface area contributed by atoms with Crippen molar-refractivity contribution in [2.75, 3.05) is 24.7 Å². The number of likely N-dealkylation sites (N-methyl/N-ethyl adjacent to an activating group) is 1. The lowest BCUT2D eigenvalue weighted by atomic mass is 10.1. The van der Waals surface area contributed by atoms with Crippen LogP contribution < -0.4 is 9.62 Å². The van der Waals surface area contributed by atoms with E-state index in [-0.39, 0.29) is 12.5 Å². The molecule has 2 aromatic carbocycles. The van der Waals surface area contributed by atoms with Crippen LogP contribution in [0.3, 0.4) is 0 Å². The van der Waals surface area contributed by atoms with Gasteiger partial charge in [-0.2, -0.15) is 0 Å². The highest BCUT2D eigenvalue weighted by Gasteiger charge is 2.23. The Morgan fingerprint density at radius 1 is 1.07 bits per heavy atom. The van der Waals surface area contributed by atoms with Gasteiger partial charge in [0.15, 0.2) is 6.10 Å². The molecule has 150 valence electrons. The van der Waals surface area contributed by atoms with Crippen molar-refractivity contribution in [3.05, 3.63) is 65.7 Å². The summed E-state index contributed by atoms with van der Waals surface area (Å²) in [5.74, 6) is -0.925. The van der Waals surface area contributed by atoms with Gasteiger partial charge < -0.3 is 9.64 Å². The highest BCUT2D eigenvalue weighted by molar-refractivity contribution is 7.88. The zero-order chi connectivity index (χ0) is 20.7. The molecule has 8 heteroatoms. The van der Waals surface area contributed by atoms with Gasteiger partial charge in [0.25, 0.3) is 5.91 Å². The summed E-state index contributed by atoms with van der Waals surface area (Å²) in [4.78, 5) is 26.2. The Morgan fingerprint density at radius 3 is 2.25 bits per heavy atom. The number of hydrogen-bond donors (Lipinski definition) is 1. The molecule has 0 aliphatic carbocycles. The second-order valence-corrected chi connectivity index (χ2v) is 8.23. The maximum Gasteiger partial charge on any atom is 0.338 e. The Labute approximate surface area is 165 Å². The fourth-order valence-corrected chi connectivity index (χ4v) is 2.99. The summed E-state index contributed by atoms with van der Waals surface area (Å²) in [6.07, 6.45) is 0.666. The van der Waals surface area contributed by atoms with Crippen molar-refractivity contribution in [3.63, 3.8) is 0 Å². The molecular weight excluding hydrogens is 380 g/mol. The molecule has 0 bridgehead atoms. The number of carbonyl (C=O) groups is 2. The first-order valence-corrected chi connectivity index (χ1v) is 10.6. The largest absolute Gasteiger partial charge is 0.449 e. The number of esters is 1. The highest BCUT2D eigenvalue weighted by Crippen LogP contribution is 2.14. The summed E-state index contributed by atoms with van der Waals surface area (Å²) in [5, 5.41) is 0. The topological polar surface area (TPSA) is 92.8 Å². The average molecular weight is 404 g/mol. The van der Waals surface area contributed by atoms with E-state index in [2.05, 4.69) is 4.72 Å². The molecule has 0 spiro atoms. The third-order valence-corrected chi connectivity index (χ3v) is 4.80. The first-order valence-electron chi connectivity index (χ1n) is 8.74. The van der Waals surface area contributed by atoms with Crippen molar-refractivity contribution in [1.29, 1.82) is 0 Å². The molecule has 0 aliphatic rings. The molecule has 0 saturated carbocycles. The van der Waals surface area contributed by atoms with Crippen LogP contribution >= 0.6 is 0 Å². The fraction of sp³-hybridized carbons (Fsp3) is 0.300. The number of sulfonamides is 1. The highest BCUT2D eigenvalue weighted by atomic mass is 32.2. The number of carbonyl (C=O) groups excluding carboxylic acids is 2. The summed E-state index contributed by atoms with van der Waals surface area (Å²) >= 11 is 0. The molecule has 28 heavy (non-hydrogen) atoms. The van der Waals surface area contributed by atoms with E-state index in [0.29, 0.717) is 17.7 Å². The molecule has 0 unspecified atom stereocenters. The third-order valence-electron chi connectivity index (χ3n) is 4.07. The van der Waals surface area contributed by atoms with Crippen LogP contribution in [0.15, 0.2) is 54.6 Å². The van der Waals surface area contributed by atoms with Crippen LogP contribution in [-0.2, 0) is 26.0 Å². The maximum absolute atomic E-state index is 12.5. The second kappa shape index (κ2) is 9.48. The van der Waals surface area contributed by atoms with Crippen molar-refractivity contribution in [1.82, 2.24) is 4.72 Å². The molecule has 1 N–H and O–H groups in total. The Kier molecular flexibility index (Phi) is 7.31. The van der Waals surface area contributed by atoms with Crippen molar-refractivity contribution in [2.45, 2.75) is 19.4 Å². The number of nitrogens with zero attached hydrogens (tertiary/aromatic N) is 1. The van der Waals surface area contributed by atoms with E-state index >= 15 is 0 Å². The van der Waals surface area contributed by atoms with E-state index in [1.54, 1.807) is 43.4 Å². The second-order valence-electron chi connectivity index (χ2n) is 6.39. The van der Waals surface area contributed by atoms with Crippen molar-refractivity contribution in [2.24, 2.45) is 0 Å². The minimum atomic E-state index is -3.22. The van der Waals surface area contributed by atoms with Crippen molar-refractivity contribution < 1.29 is 22.7 Å². The molecule has 2 aromatic rings. The van der Waals surface area contributed by atoms with Crippen molar-refractivity contribution >= 4 is 27.6 Å². The van der Waals surface area contributed by atoms with Gasteiger partial charge in [0.05, 0.1) is 11.8 Å². The normalized spacial score (nSPS) is 12.2. The Balaban J connectivity index is 1.92. The van der Waals surface area contributed by atoms with E-state index in [4.69, 9.17) is 4.74 Å². The number of hydrogen-bond acceptors (Lipinski definition) is 5. The lowest BCUT2D eigenvalue weighted by molar-refractivity contribution is -0.126. The average Bonchev–Trinajstić information content (AvgIpc) is 2.67. The summed E-state index contributed by atoms with van der Waals surface area (Å²) < 4.78 is 29.8. The smallest absolute Gasteiger partial charge is 0.338 e. The molecule has 0 fully saturated rings. The first kappa shape index (κ1) is 21.6. The maximum atomic E-state index is 12.5. The van der Waals surface area contributed by atoms with E-state index in [0.717, 1.165) is 11.8 Å². The molecule has 0 aliphatic heterocycles. The number of para-hydroxylation sites is 1. The number of nitrogens with one attached hydrogen (secondary N) is 1. The molecule has 0 aromatic heterocycles. The van der Waals surface area contributed by atoms with Crippen LogP contribution in [0.5, 0.6) is 0 Å².